The number of hydrogen-bond donors (Lipinski definition) is 1. The lowest BCUT2D eigenvalue weighted by atomic mass is 10.2. The van der Waals surface area contributed by atoms with Crippen molar-refractivity contribution in [1.29, 1.82) is 5.26 Å². The Morgan fingerprint density at radius 2 is 2.04 bits per heavy atom. The van der Waals surface area contributed by atoms with E-state index in [9.17, 15) is 5.26 Å². The van der Waals surface area contributed by atoms with E-state index in [1.165, 1.54) is 0 Å². The van der Waals surface area contributed by atoms with Gasteiger partial charge in [0.25, 0.3) is 0 Å². The molecule has 0 bridgehead atoms. The van der Waals surface area contributed by atoms with Crippen LogP contribution in [-0.2, 0) is 4.74 Å². The number of morpholine rings is 1. The van der Waals surface area contributed by atoms with Crippen LogP contribution in [-0.4, -0.2) is 55.9 Å². The average molecular weight is 356 g/mol. The molecule has 2 aromatic rings. The monoisotopic (exact) mass is 356 g/mol. The number of anilines is 1. The van der Waals surface area contributed by atoms with Crippen molar-refractivity contribution in [2.75, 3.05) is 51.3 Å². The van der Waals surface area contributed by atoms with E-state index in [1.54, 1.807) is 0 Å². The lowest BCUT2D eigenvalue weighted by molar-refractivity contribution is 0.0378. The van der Waals surface area contributed by atoms with Gasteiger partial charge >= 0.3 is 0 Å². The molecule has 1 aromatic carbocycles. The highest BCUT2D eigenvalue weighted by Gasteiger charge is 2.15. The van der Waals surface area contributed by atoms with E-state index in [2.05, 4.69) is 21.3 Å². The Kier molecular flexibility index (Phi) is 6.47. The van der Waals surface area contributed by atoms with Crippen LogP contribution in [0.2, 0.25) is 0 Å². The van der Waals surface area contributed by atoms with Gasteiger partial charge in [0.15, 0.2) is 0 Å². The van der Waals surface area contributed by atoms with Crippen molar-refractivity contribution >= 4 is 5.88 Å². The van der Waals surface area contributed by atoms with Crippen LogP contribution in [0.15, 0.2) is 28.7 Å². The Morgan fingerprint density at radius 3 is 2.73 bits per heavy atom. The van der Waals surface area contributed by atoms with Crippen molar-refractivity contribution in [3.8, 4) is 23.3 Å². The van der Waals surface area contributed by atoms with Gasteiger partial charge in [-0.3, -0.25) is 4.90 Å². The predicted molar refractivity (Wildman–Crippen MR) is 98.2 cm³/mol. The first-order chi connectivity index (χ1) is 12.8. The van der Waals surface area contributed by atoms with Gasteiger partial charge in [-0.15, -0.1) is 0 Å². The summed E-state index contributed by atoms with van der Waals surface area (Å²) < 4.78 is 16.5. The Bertz CT molecular complexity index is 730. The summed E-state index contributed by atoms with van der Waals surface area (Å²) in [7, 11) is 0. The number of nitriles is 1. The van der Waals surface area contributed by atoms with Gasteiger partial charge in [0.2, 0.25) is 17.5 Å². The SMILES string of the molecule is CCOc1ccc(-c2nc(C#N)c(NCCCN3CCOCC3)o2)cc1. The van der Waals surface area contributed by atoms with Gasteiger partial charge in [-0.25, -0.2) is 0 Å². The van der Waals surface area contributed by atoms with Crippen LogP contribution in [0.4, 0.5) is 5.88 Å². The van der Waals surface area contributed by atoms with Gasteiger partial charge in [-0.2, -0.15) is 10.2 Å². The molecule has 0 radical (unpaired) electrons. The van der Waals surface area contributed by atoms with E-state index >= 15 is 0 Å². The molecule has 3 rings (SSSR count). The fourth-order valence-corrected chi connectivity index (χ4v) is 2.83. The van der Waals surface area contributed by atoms with Crippen LogP contribution in [0, 0.1) is 11.3 Å². The minimum absolute atomic E-state index is 0.278. The standard InChI is InChI=1S/C19H24N4O3/c1-2-25-16-6-4-15(5-7-16)18-22-17(14-20)19(26-18)21-8-3-9-23-10-12-24-13-11-23/h4-7,21H,2-3,8-13H2,1H3. The molecule has 138 valence electrons. The molecule has 1 fully saturated rings. The van der Waals surface area contributed by atoms with Gasteiger partial charge in [0.05, 0.1) is 19.8 Å². The molecule has 0 atom stereocenters. The van der Waals surface area contributed by atoms with Crippen LogP contribution in [0.1, 0.15) is 19.0 Å². The molecule has 1 N–H and O–H groups in total. The number of hydrogen-bond acceptors (Lipinski definition) is 7. The number of ether oxygens (including phenoxy) is 2. The quantitative estimate of drug-likeness (QED) is 0.728. The Labute approximate surface area is 153 Å². The average Bonchev–Trinajstić information content (AvgIpc) is 3.10. The van der Waals surface area contributed by atoms with E-state index in [4.69, 9.17) is 13.9 Å². The maximum atomic E-state index is 9.30. The van der Waals surface area contributed by atoms with E-state index in [-0.39, 0.29) is 5.69 Å². The van der Waals surface area contributed by atoms with Gasteiger partial charge in [0.1, 0.15) is 11.8 Å². The fraction of sp³-hybridized carbons (Fsp3) is 0.474. The number of nitrogens with one attached hydrogen (secondary N) is 1. The van der Waals surface area contributed by atoms with Crippen LogP contribution < -0.4 is 10.1 Å². The molecule has 1 aliphatic heterocycles. The highest BCUT2D eigenvalue weighted by Crippen LogP contribution is 2.26. The topological polar surface area (TPSA) is 83.5 Å². The summed E-state index contributed by atoms with van der Waals surface area (Å²) in [5.41, 5.74) is 1.09. The number of nitrogens with zero attached hydrogens (tertiary/aromatic N) is 3. The highest BCUT2D eigenvalue weighted by molar-refractivity contribution is 5.59. The number of benzene rings is 1. The zero-order valence-corrected chi connectivity index (χ0v) is 15.0. The molecule has 7 nitrogen and oxygen atoms in total. The summed E-state index contributed by atoms with van der Waals surface area (Å²) in [4.78, 5) is 6.66. The molecule has 1 saturated heterocycles. The van der Waals surface area contributed by atoms with Gasteiger partial charge < -0.3 is 19.2 Å². The van der Waals surface area contributed by atoms with Crippen molar-refractivity contribution < 1.29 is 13.9 Å². The third kappa shape index (κ3) is 4.75. The smallest absolute Gasteiger partial charge is 0.232 e. The van der Waals surface area contributed by atoms with E-state index in [0.717, 1.165) is 57.1 Å². The molecule has 7 heteroatoms. The lowest BCUT2D eigenvalue weighted by Crippen LogP contribution is -2.37. The third-order valence-electron chi connectivity index (χ3n) is 4.19. The second-order valence-corrected chi connectivity index (χ2v) is 6.00. The number of oxazole rings is 1. The second-order valence-electron chi connectivity index (χ2n) is 6.00. The largest absolute Gasteiger partial charge is 0.494 e. The molecule has 26 heavy (non-hydrogen) atoms. The normalized spacial score (nSPS) is 14.8. The first kappa shape index (κ1) is 18.2. The first-order valence-electron chi connectivity index (χ1n) is 8.98. The predicted octanol–water partition coefficient (Wildman–Crippen LogP) is 2.75. The van der Waals surface area contributed by atoms with Crippen LogP contribution in [0.5, 0.6) is 5.75 Å². The fourth-order valence-electron chi connectivity index (χ4n) is 2.83. The minimum atomic E-state index is 0.278. The van der Waals surface area contributed by atoms with Crippen molar-refractivity contribution in [1.82, 2.24) is 9.88 Å². The second kappa shape index (κ2) is 9.22. The van der Waals surface area contributed by atoms with Gasteiger partial charge in [-0.05, 0) is 44.2 Å². The third-order valence-corrected chi connectivity index (χ3v) is 4.19. The Hall–Kier alpha value is -2.56. The van der Waals surface area contributed by atoms with E-state index < -0.39 is 0 Å². The van der Waals surface area contributed by atoms with Crippen LogP contribution in [0.3, 0.4) is 0 Å². The molecule has 0 spiro atoms. The van der Waals surface area contributed by atoms with Gasteiger partial charge in [-0.1, -0.05) is 0 Å². The lowest BCUT2D eigenvalue weighted by Gasteiger charge is -2.26. The highest BCUT2D eigenvalue weighted by atomic mass is 16.5. The van der Waals surface area contributed by atoms with Crippen LogP contribution >= 0.6 is 0 Å². The number of aromatic nitrogens is 1. The first-order valence-corrected chi connectivity index (χ1v) is 8.98. The zero-order chi connectivity index (χ0) is 18.2. The summed E-state index contributed by atoms with van der Waals surface area (Å²) in [5.74, 6) is 1.66. The van der Waals surface area contributed by atoms with Crippen molar-refractivity contribution in [2.45, 2.75) is 13.3 Å². The molecule has 2 heterocycles. The van der Waals surface area contributed by atoms with Crippen molar-refractivity contribution in [3.05, 3.63) is 30.0 Å². The molecule has 0 amide bonds. The maximum Gasteiger partial charge on any atom is 0.232 e. The molecule has 1 aromatic heterocycles. The van der Waals surface area contributed by atoms with Crippen LogP contribution in [0.25, 0.3) is 11.5 Å². The zero-order valence-electron chi connectivity index (χ0n) is 15.0. The molecule has 0 aliphatic carbocycles. The Morgan fingerprint density at radius 1 is 1.27 bits per heavy atom. The molecular formula is C19H24N4O3. The number of rotatable bonds is 8. The molecular weight excluding hydrogens is 332 g/mol. The van der Waals surface area contributed by atoms with E-state index in [1.807, 2.05) is 31.2 Å². The van der Waals surface area contributed by atoms with Crippen molar-refractivity contribution in [2.24, 2.45) is 0 Å². The summed E-state index contributed by atoms with van der Waals surface area (Å²) in [6.07, 6.45) is 0.962. The summed E-state index contributed by atoms with van der Waals surface area (Å²) in [5, 5.41) is 12.5. The molecule has 0 saturated carbocycles. The summed E-state index contributed by atoms with van der Waals surface area (Å²) in [6, 6.07) is 9.57. The summed E-state index contributed by atoms with van der Waals surface area (Å²) in [6.45, 7) is 7.86. The Balaban J connectivity index is 1.56. The molecule has 0 unspecified atom stereocenters. The van der Waals surface area contributed by atoms with E-state index in [0.29, 0.717) is 18.4 Å². The van der Waals surface area contributed by atoms with Gasteiger partial charge in [0, 0.05) is 25.2 Å². The maximum absolute atomic E-state index is 9.30. The minimum Gasteiger partial charge on any atom is -0.494 e. The molecule has 1 aliphatic rings. The summed E-state index contributed by atoms with van der Waals surface area (Å²) >= 11 is 0. The van der Waals surface area contributed by atoms with Crippen molar-refractivity contribution in [3.63, 3.8) is 0 Å².